The van der Waals surface area contributed by atoms with Crippen LogP contribution in [0.1, 0.15) is 76.7 Å². The summed E-state index contributed by atoms with van der Waals surface area (Å²) in [6.07, 6.45) is 16.0. The molecule has 2 rings (SSSR count). The number of ether oxygens (including phenoxy) is 2. The van der Waals surface area contributed by atoms with Crippen LogP contribution in [0.4, 0.5) is 5.69 Å². The summed E-state index contributed by atoms with van der Waals surface area (Å²) in [6, 6.07) is 12.9. The molecule has 33 heavy (non-hydrogen) atoms. The Kier molecular flexibility index (Phi) is 12.4. The Hall–Kier alpha value is -3.15. The number of esters is 1. The van der Waals surface area contributed by atoms with Gasteiger partial charge in [0, 0.05) is 18.2 Å². The van der Waals surface area contributed by atoms with Crippen molar-refractivity contribution in [2.24, 2.45) is 0 Å². The zero-order valence-electron chi connectivity index (χ0n) is 19.5. The Bertz CT molecular complexity index is 859. The molecule has 0 saturated carbocycles. The second-order valence-electron chi connectivity index (χ2n) is 8.10. The van der Waals surface area contributed by atoms with Gasteiger partial charge in [-0.3, -0.25) is 10.1 Å². The maximum atomic E-state index is 11.9. The van der Waals surface area contributed by atoms with Crippen molar-refractivity contribution in [2.45, 2.75) is 71.1 Å². The number of hydrogen-bond acceptors (Lipinski definition) is 5. The summed E-state index contributed by atoms with van der Waals surface area (Å²) in [6.45, 7) is 2.97. The molecule has 0 saturated heterocycles. The van der Waals surface area contributed by atoms with E-state index in [1.165, 1.54) is 88.1 Å². The molecule has 0 radical (unpaired) electrons. The number of carbonyl (C=O) groups excluding carboxylic acids is 1. The van der Waals surface area contributed by atoms with Crippen LogP contribution in [-0.4, -0.2) is 17.5 Å². The molecule has 0 N–H and O–H groups in total. The number of nitro groups is 1. The van der Waals surface area contributed by atoms with Crippen LogP contribution in [-0.2, 0) is 4.79 Å². The minimum atomic E-state index is -0.551. The van der Waals surface area contributed by atoms with E-state index in [0.29, 0.717) is 6.61 Å². The van der Waals surface area contributed by atoms with E-state index < -0.39 is 10.9 Å². The fourth-order valence-electron chi connectivity index (χ4n) is 3.41. The minimum Gasteiger partial charge on any atom is -0.494 e. The number of hydrogen-bond donors (Lipinski definition) is 0. The van der Waals surface area contributed by atoms with E-state index >= 15 is 0 Å². The Morgan fingerprint density at radius 2 is 1.36 bits per heavy atom. The predicted octanol–water partition coefficient (Wildman–Crippen LogP) is 7.51. The van der Waals surface area contributed by atoms with E-state index in [9.17, 15) is 14.9 Å². The first-order valence-electron chi connectivity index (χ1n) is 12.0. The number of nitro benzene ring substituents is 1. The standard InChI is InChI=1S/C27H35NO5/c1-2-3-4-5-6-7-8-9-10-11-22-32-25-17-12-23(13-18-25)14-21-27(29)33-26-19-15-24(16-20-26)28(30)31/h12-21H,2-11,22H2,1H3/b21-14+. The normalized spacial score (nSPS) is 10.9. The highest BCUT2D eigenvalue weighted by Crippen LogP contribution is 2.18. The van der Waals surface area contributed by atoms with Crippen molar-refractivity contribution in [3.63, 3.8) is 0 Å². The van der Waals surface area contributed by atoms with E-state index in [-0.39, 0.29) is 11.4 Å². The van der Waals surface area contributed by atoms with E-state index in [4.69, 9.17) is 9.47 Å². The summed E-state index contributed by atoms with van der Waals surface area (Å²) >= 11 is 0. The first kappa shape index (κ1) is 26.1. The van der Waals surface area contributed by atoms with E-state index in [1.54, 1.807) is 6.08 Å². The average molecular weight is 454 g/mol. The third kappa shape index (κ3) is 11.3. The molecule has 0 aliphatic rings. The highest BCUT2D eigenvalue weighted by Gasteiger charge is 2.06. The number of benzene rings is 2. The van der Waals surface area contributed by atoms with Crippen molar-refractivity contribution < 1.29 is 19.2 Å². The van der Waals surface area contributed by atoms with Gasteiger partial charge in [-0.05, 0) is 42.3 Å². The van der Waals surface area contributed by atoms with Crippen molar-refractivity contribution in [3.05, 3.63) is 70.3 Å². The monoisotopic (exact) mass is 453 g/mol. The van der Waals surface area contributed by atoms with Crippen LogP contribution in [0.25, 0.3) is 6.08 Å². The van der Waals surface area contributed by atoms with Gasteiger partial charge in [0.1, 0.15) is 11.5 Å². The zero-order valence-corrected chi connectivity index (χ0v) is 19.5. The zero-order chi connectivity index (χ0) is 23.7. The van der Waals surface area contributed by atoms with Gasteiger partial charge in [-0.15, -0.1) is 0 Å². The Morgan fingerprint density at radius 3 is 1.94 bits per heavy atom. The maximum Gasteiger partial charge on any atom is 0.336 e. The van der Waals surface area contributed by atoms with Crippen LogP contribution >= 0.6 is 0 Å². The SMILES string of the molecule is CCCCCCCCCCCCOc1ccc(/C=C/C(=O)Oc2ccc([N+](=O)[O-])cc2)cc1. The van der Waals surface area contributed by atoms with Gasteiger partial charge in [0.15, 0.2) is 0 Å². The summed E-state index contributed by atoms with van der Waals surface area (Å²) in [5, 5.41) is 10.7. The number of carbonyl (C=O) groups is 1. The number of nitrogens with zero attached hydrogens (tertiary/aromatic N) is 1. The molecule has 178 valence electrons. The summed E-state index contributed by atoms with van der Waals surface area (Å²) in [4.78, 5) is 22.1. The molecular formula is C27H35NO5. The third-order valence-electron chi connectivity index (χ3n) is 5.32. The highest BCUT2D eigenvalue weighted by atomic mass is 16.6. The number of unbranched alkanes of at least 4 members (excludes halogenated alkanes) is 9. The Labute approximate surface area is 196 Å². The molecule has 6 nitrogen and oxygen atoms in total. The van der Waals surface area contributed by atoms with Gasteiger partial charge >= 0.3 is 5.97 Å². The molecule has 0 amide bonds. The van der Waals surface area contributed by atoms with E-state index in [0.717, 1.165) is 17.7 Å². The van der Waals surface area contributed by atoms with Crippen LogP contribution in [0.5, 0.6) is 11.5 Å². The lowest BCUT2D eigenvalue weighted by molar-refractivity contribution is -0.384. The topological polar surface area (TPSA) is 78.7 Å². The molecule has 0 fully saturated rings. The highest BCUT2D eigenvalue weighted by molar-refractivity contribution is 5.88. The van der Waals surface area contributed by atoms with Crippen molar-refractivity contribution >= 4 is 17.7 Å². The molecule has 0 unspecified atom stereocenters. The molecule has 0 bridgehead atoms. The smallest absolute Gasteiger partial charge is 0.336 e. The molecule has 2 aromatic carbocycles. The van der Waals surface area contributed by atoms with Crippen molar-refractivity contribution in [1.82, 2.24) is 0 Å². The first-order valence-corrected chi connectivity index (χ1v) is 12.0. The molecule has 6 heteroatoms. The van der Waals surface area contributed by atoms with Crippen molar-refractivity contribution in [1.29, 1.82) is 0 Å². The molecular weight excluding hydrogens is 418 g/mol. The quantitative estimate of drug-likeness (QED) is 0.0656. The van der Waals surface area contributed by atoms with Crippen LogP contribution < -0.4 is 9.47 Å². The number of rotatable bonds is 16. The third-order valence-corrected chi connectivity index (χ3v) is 5.32. The molecule has 0 atom stereocenters. The Balaban J connectivity index is 1.59. The van der Waals surface area contributed by atoms with Gasteiger partial charge in [-0.25, -0.2) is 4.79 Å². The summed E-state index contributed by atoms with van der Waals surface area (Å²) in [5.74, 6) is 0.521. The summed E-state index contributed by atoms with van der Waals surface area (Å²) in [5.41, 5.74) is 0.794. The molecule has 0 aliphatic heterocycles. The van der Waals surface area contributed by atoms with Crippen LogP contribution in [0.2, 0.25) is 0 Å². The van der Waals surface area contributed by atoms with Gasteiger partial charge in [-0.2, -0.15) is 0 Å². The number of non-ortho nitro benzene ring substituents is 1. The van der Waals surface area contributed by atoms with Gasteiger partial charge in [0.2, 0.25) is 0 Å². The fourth-order valence-corrected chi connectivity index (χ4v) is 3.41. The van der Waals surface area contributed by atoms with Crippen molar-refractivity contribution in [3.8, 4) is 11.5 Å². The Morgan fingerprint density at radius 1 is 0.818 bits per heavy atom. The second kappa shape index (κ2) is 15.6. The van der Waals surface area contributed by atoms with E-state index in [2.05, 4.69) is 6.92 Å². The average Bonchev–Trinajstić information content (AvgIpc) is 2.82. The lowest BCUT2D eigenvalue weighted by Gasteiger charge is -2.06. The molecule has 0 aliphatic carbocycles. The van der Waals surface area contributed by atoms with Crippen LogP contribution in [0, 0.1) is 10.1 Å². The lowest BCUT2D eigenvalue weighted by atomic mass is 10.1. The maximum absolute atomic E-state index is 11.9. The minimum absolute atomic E-state index is 0.0548. The van der Waals surface area contributed by atoms with Crippen LogP contribution in [0.3, 0.4) is 0 Å². The summed E-state index contributed by atoms with van der Waals surface area (Å²) < 4.78 is 10.9. The predicted molar refractivity (Wildman–Crippen MR) is 132 cm³/mol. The van der Waals surface area contributed by atoms with Crippen LogP contribution in [0.15, 0.2) is 54.6 Å². The van der Waals surface area contributed by atoms with E-state index in [1.807, 2.05) is 24.3 Å². The van der Waals surface area contributed by atoms with Crippen molar-refractivity contribution in [2.75, 3.05) is 6.61 Å². The second-order valence-corrected chi connectivity index (χ2v) is 8.10. The molecule has 0 aromatic heterocycles. The molecule has 2 aromatic rings. The van der Waals surface area contributed by atoms with Gasteiger partial charge in [0.05, 0.1) is 11.5 Å². The largest absolute Gasteiger partial charge is 0.494 e. The molecule has 0 heterocycles. The summed E-state index contributed by atoms with van der Waals surface area (Å²) in [7, 11) is 0. The first-order chi connectivity index (χ1) is 16.1. The lowest BCUT2D eigenvalue weighted by Crippen LogP contribution is -2.03. The molecule has 0 spiro atoms. The fraction of sp³-hybridized carbons (Fsp3) is 0.444. The van der Waals surface area contributed by atoms with Gasteiger partial charge in [-0.1, -0.05) is 76.8 Å². The van der Waals surface area contributed by atoms with Gasteiger partial charge in [0.25, 0.3) is 5.69 Å². The van der Waals surface area contributed by atoms with Gasteiger partial charge < -0.3 is 9.47 Å².